The molecule has 1 amide bonds. The van der Waals surface area contributed by atoms with E-state index >= 15 is 0 Å². The molecule has 2 aliphatic rings. The second-order valence-electron chi connectivity index (χ2n) is 7.08. The summed E-state index contributed by atoms with van der Waals surface area (Å²) >= 11 is 0. The van der Waals surface area contributed by atoms with Gasteiger partial charge in [0.15, 0.2) is 0 Å². The summed E-state index contributed by atoms with van der Waals surface area (Å²) in [6.45, 7) is 6.11. The molecular weight excluding hydrogens is 302 g/mol. The second-order valence-corrected chi connectivity index (χ2v) is 7.08. The lowest BCUT2D eigenvalue weighted by Crippen LogP contribution is -2.51. The van der Waals surface area contributed by atoms with Crippen molar-refractivity contribution >= 4 is 11.7 Å². The fourth-order valence-electron chi connectivity index (χ4n) is 3.71. The standard InChI is InChI=1S/C18H29N5O/c1-15-12-19-13-17(20-15)23-10-8-22(9-11-23)14-18(24)21(2)16-6-4-3-5-7-16/h12-13,16H,3-11,14H2,1-2H3. The molecule has 2 fully saturated rings. The Morgan fingerprint density at radius 2 is 1.88 bits per heavy atom. The Bertz CT molecular complexity index is 550. The molecule has 0 spiro atoms. The van der Waals surface area contributed by atoms with Crippen molar-refractivity contribution < 1.29 is 4.79 Å². The molecule has 6 nitrogen and oxygen atoms in total. The van der Waals surface area contributed by atoms with E-state index in [2.05, 4.69) is 19.8 Å². The highest BCUT2D eigenvalue weighted by molar-refractivity contribution is 5.78. The number of aromatic nitrogens is 2. The summed E-state index contributed by atoms with van der Waals surface area (Å²) in [4.78, 5) is 27.8. The summed E-state index contributed by atoms with van der Waals surface area (Å²) in [5.41, 5.74) is 0.944. The fourth-order valence-corrected chi connectivity index (χ4v) is 3.71. The van der Waals surface area contributed by atoms with Crippen LogP contribution in [0.5, 0.6) is 0 Å². The van der Waals surface area contributed by atoms with Gasteiger partial charge in [-0.15, -0.1) is 0 Å². The summed E-state index contributed by atoms with van der Waals surface area (Å²) in [6, 6.07) is 0.454. The molecule has 0 unspecified atom stereocenters. The third-order valence-corrected chi connectivity index (χ3v) is 5.31. The molecule has 1 aliphatic heterocycles. The summed E-state index contributed by atoms with van der Waals surface area (Å²) in [6.07, 6.45) is 9.79. The van der Waals surface area contributed by atoms with Crippen molar-refractivity contribution in [1.29, 1.82) is 0 Å². The van der Waals surface area contributed by atoms with Crippen LogP contribution in [0, 0.1) is 6.92 Å². The number of carbonyl (C=O) groups excluding carboxylic acids is 1. The van der Waals surface area contributed by atoms with Crippen LogP contribution in [0.2, 0.25) is 0 Å². The molecule has 132 valence electrons. The number of piperazine rings is 1. The van der Waals surface area contributed by atoms with E-state index in [9.17, 15) is 4.79 Å². The lowest BCUT2D eigenvalue weighted by Gasteiger charge is -2.37. The Kier molecular flexibility index (Phi) is 5.66. The highest BCUT2D eigenvalue weighted by Gasteiger charge is 2.25. The second kappa shape index (κ2) is 7.92. The van der Waals surface area contributed by atoms with Crippen molar-refractivity contribution in [2.45, 2.75) is 45.1 Å². The SMILES string of the molecule is Cc1cncc(N2CCN(CC(=O)N(C)C3CCCCC3)CC2)n1. The first kappa shape index (κ1) is 17.1. The smallest absolute Gasteiger partial charge is 0.236 e. The maximum absolute atomic E-state index is 12.6. The monoisotopic (exact) mass is 331 g/mol. The zero-order valence-corrected chi connectivity index (χ0v) is 14.9. The van der Waals surface area contributed by atoms with Gasteiger partial charge in [0, 0.05) is 45.5 Å². The number of anilines is 1. The predicted octanol–water partition coefficient (Wildman–Crippen LogP) is 1.70. The number of hydrogen-bond donors (Lipinski definition) is 0. The van der Waals surface area contributed by atoms with Crippen LogP contribution in [-0.2, 0) is 4.79 Å². The van der Waals surface area contributed by atoms with E-state index < -0.39 is 0 Å². The quantitative estimate of drug-likeness (QED) is 0.840. The first-order valence-electron chi connectivity index (χ1n) is 9.15. The first-order chi connectivity index (χ1) is 11.6. The van der Waals surface area contributed by atoms with Gasteiger partial charge >= 0.3 is 0 Å². The molecule has 0 bridgehead atoms. The highest BCUT2D eigenvalue weighted by Crippen LogP contribution is 2.22. The van der Waals surface area contributed by atoms with Gasteiger partial charge in [-0.1, -0.05) is 19.3 Å². The van der Waals surface area contributed by atoms with E-state index in [1.165, 1.54) is 32.1 Å². The average molecular weight is 331 g/mol. The third kappa shape index (κ3) is 4.23. The summed E-state index contributed by atoms with van der Waals surface area (Å²) in [5, 5.41) is 0. The molecule has 0 atom stereocenters. The van der Waals surface area contributed by atoms with Crippen LogP contribution < -0.4 is 4.90 Å². The molecule has 2 heterocycles. The molecule has 1 saturated carbocycles. The molecule has 1 aliphatic carbocycles. The number of nitrogens with zero attached hydrogens (tertiary/aromatic N) is 5. The minimum atomic E-state index is 0.269. The molecule has 0 N–H and O–H groups in total. The molecule has 0 radical (unpaired) electrons. The van der Waals surface area contributed by atoms with E-state index in [1.807, 2.05) is 25.1 Å². The topological polar surface area (TPSA) is 52.6 Å². The van der Waals surface area contributed by atoms with Crippen LogP contribution in [0.3, 0.4) is 0 Å². The maximum atomic E-state index is 12.6. The van der Waals surface area contributed by atoms with Crippen molar-refractivity contribution in [3.05, 3.63) is 18.1 Å². The minimum absolute atomic E-state index is 0.269. The van der Waals surface area contributed by atoms with E-state index in [0.717, 1.165) is 37.7 Å². The minimum Gasteiger partial charge on any atom is -0.353 e. The number of likely N-dealkylation sites (N-methyl/N-ethyl adjacent to an activating group) is 1. The molecule has 1 aromatic rings. The van der Waals surface area contributed by atoms with Gasteiger partial charge in [-0.3, -0.25) is 14.7 Å². The van der Waals surface area contributed by atoms with Crippen LogP contribution in [0.25, 0.3) is 0 Å². The maximum Gasteiger partial charge on any atom is 0.236 e. The molecule has 24 heavy (non-hydrogen) atoms. The van der Waals surface area contributed by atoms with Gasteiger partial charge in [0.1, 0.15) is 5.82 Å². The normalized spacial score (nSPS) is 20.2. The van der Waals surface area contributed by atoms with E-state index in [-0.39, 0.29) is 5.91 Å². The Balaban J connectivity index is 1.47. The zero-order valence-electron chi connectivity index (χ0n) is 14.9. The largest absolute Gasteiger partial charge is 0.353 e. The summed E-state index contributed by atoms with van der Waals surface area (Å²) in [5.74, 6) is 1.21. The summed E-state index contributed by atoms with van der Waals surface area (Å²) in [7, 11) is 1.98. The first-order valence-corrected chi connectivity index (χ1v) is 9.15. The van der Waals surface area contributed by atoms with Crippen LogP contribution in [0.1, 0.15) is 37.8 Å². The third-order valence-electron chi connectivity index (χ3n) is 5.31. The lowest BCUT2D eigenvalue weighted by atomic mass is 9.94. The number of hydrogen-bond acceptors (Lipinski definition) is 5. The Hall–Kier alpha value is -1.69. The number of amides is 1. The summed E-state index contributed by atoms with van der Waals surface area (Å²) < 4.78 is 0. The van der Waals surface area contributed by atoms with E-state index in [4.69, 9.17) is 0 Å². The van der Waals surface area contributed by atoms with Gasteiger partial charge in [-0.25, -0.2) is 4.98 Å². The Labute approximate surface area is 144 Å². The van der Waals surface area contributed by atoms with Crippen molar-refractivity contribution in [3.63, 3.8) is 0 Å². The van der Waals surface area contributed by atoms with E-state index in [1.54, 1.807) is 6.20 Å². The fraction of sp³-hybridized carbons (Fsp3) is 0.722. The van der Waals surface area contributed by atoms with Crippen LogP contribution in [0.15, 0.2) is 12.4 Å². The number of carbonyl (C=O) groups is 1. The van der Waals surface area contributed by atoms with E-state index in [0.29, 0.717) is 12.6 Å². The number of rotatable bonds is 4. The molecule has 0 aromatic carbocycles. The Morgan fingerprint density at radius 3 is 2.54 bits per heavy atom. The van der Waals surface area contributed by atoms with Crippen LogP contribution in [0.4, 0.5) is 5.82 Å². The van der Waals surface area contributed by atoms with Crippen LogP contribution in [-0.4, -0.2) is 71.5 Å². The Morgan fingerprint density at radius 1 is 1.17 bits per heavy atom. The number of aryl methyl sites for hydroxylation is 1. The van der Waals surface area contributed by atoms with Crippen molar-refractivity contribution in [3.8, 4) is 0 Å². The van der Waals surface area contributed by atoms with Gasteiger partial charge in [0.25, 0.3) is 0 Å². The highest BCUT2D eigenvalue weighted by atomic mass is 16.2. The van der Waals surface area contributed by atoms with Gasteiger partial charge in [-0.05, 0) is 19.8 Å². The molecule has 1 aromatic heterocycles. The van der Waals surface area contributed by atoms with Gasteiger partial charge < -0.3 is 9.80 Å². The van der Waals surface area contributed by atoms with Crippen molar-refractivity contribution in [2.24, 2.45) is 0 Å². The molecular formula is C18H29N5O. The van der Waals surface area contributed by atoms with Gasteiger partial charge in [0.05, 0.1) is 18.4 Å². The van der Waals surface area contributed by atoms with Crippen molar-refractivity contribution in [1.82, 2.24) is 19.8 Å². The van der Waals surface area contributed by atoms with Gasteiger partial charge in [0.2, 0.25) is 5.91 Å². The van der Waals surface area contributed by atoms with Crippen LogP contribution >= 0.6 is 0 Å². The zero-order chi connectivity index (χ0) is 16.9. The van der Waals surface area contributed by atoms with Crippen molar-refractivity contribution in [2.75, 3.05) is 44.7 Å². The van der Waals surface area contributed by atoms with Gasteiger partial charge in [-0.2, -0.15) is 0 Å². The average Bonchev–Trinajstić information content (AvgIpc) is 2.62. The molecule has 1 saturated heterocycles. The predicted molar refractivity (Wildman–Crippen MR) is 95.1 cm³/mol. The lowest BCUT2D eigenvalue weighted by molar-refractivity contribution is -0.133. The molecule has 3 rings (SSSR count). The molecule has 6 heteroatoms.